The van der Waals surface area contributed by atoms with E-state index in [1.54, 1.807) is 0 Å². The molecule has 1 heterocycles. The Morgan fingerprint density at radius 3 is 2.50 bits per heavy atom. The van der Waals surface area contributed by atoms with Gasteiger partial charge in [0.05, 0.1) is 17.2 Å². The maximum atomic E-state index is 11.4. The van der Waals surface area contributed by atoms with E-state index in [1.165, 1.54) is 0 Å². The minimum Gasteiger partial charge on any atom is -0.389 e. The Morgan fingerprint density at radius 1 is 1.09 bits per heavy atom. The van der Waals surface area contributed by atoms with Gasteiger partial charge in [-0.2, -0.15) is 0 Å². The summed E-state index contributed by atoms with van der Waals surface area (Å²) in [5.74, 6) is 0.149. The monoisotopic (exact) mass is 293 g/mol. The topological polar surface area (TPSA) is 33.1 Å². The Balaban J connectivity index is 2.03. The lowest BCUT2D eigenvalue weighted by Gasteiger charge is -2.40. The van der Waals surface area contributed by atoms with E-state index in [9.17, 15) is 5.11 Å². The third-order valence-corrected chi connectivity index (χ3v) is 4.80. The molecule has 114 valence electrons. The fourth-order valence-electron chi connectivity index (χ4n) is 3.56. The van der Waals surface area contributed by atoms with Crippen molar-refractivity contribution in [2.45, 2.75) is 37.7 Å². The molecule has 1 aliphatic rings. The number of hydrogen-bond acceptors (Lipinski definition) is 2. The molecule has 0 amide bonds. The van der Waals surface area contributed by atoms with Gasteiger partial charge in [0.25, 0.3) is 0 Å². The first kappa shape index (κ1) is 15.0. The van der Waals surface area contributed by atoms with Crippen LogP contribution < -0.4 is 0 Å². The number of hydrogen-bond donors (Lipinski definition) is 1. The second-order valence-electron chi connectivity index (χ2n) is 6.31. The van der Waals surface area contributed by atoms with E-state index in [0.717, 1.165) is 30.5 Å². The highest BCUT2D eigenvalue weighted by atomic mass is 16.3. The maximum Gasteiger partial charge on any atom is 0.0774 e. The first-order chi connectivity index (χ1) is 10.7. The quantitative estimate of drug-likeness (QED) is 0.852. The minimum absolute atomic E-state index is 0.105. The highest BCUT2D eigenvalue weighted by Gasteiger charge is 2.41. The van der Waals surface area contributed by atoms with Gasteiger partial charge >= 0.3 is 0 Å². The number of aliphatic hydroxyl groups is 1. The summed E-state index contributed by atoms with van der Waals surface area (Å²) in [7, 11) is 0. The van der Waals surface area contributed by atoms with Gasteiger partial charge in [0.1, 0.15) is 0 Å². The van der Waals surface area contributed by atoms with Crippen molar-refractivity contribution in [2.75, 3.05) is 0 Å². The first-order valence-electron chi connectivity index (χ1n) is 8.03. The molecule has 0 aliphatic heterocycles. The molecule has 2 heteroatoms. The van der Waals surface area contributed by atoms with Crippen LogP contribution in [0.3, 0.4) is 0 Å². The first-order valence-corrected chi connectivity index (χ1v) is 8.03. The molecule has 0 unspecified atom stereocenters. The fraction of sp³-hybridized carbons (Fsp3) is 0.350. The van der Waals surface area contributed by atoms with Gasteiger partial charge in [-0.1, -0.05) is 48.6 Å². The standard InChI is InChI=1S/C20H23NO/c1-20(22,17-12-6-3-7-13-17)19(16-10-4-2-5-11-16)18-14-8-9-15-21-18/h2-6,8-11,14-15,17,19,22H,7,12-13H2,1H3/t17-,19+,20-/m0/s1. The van der Waals surface area contributed by atoms with E-state index >= 15 is 0 Å². The van der Waals surface area contributed by atoms with Crippen LogP contribution in [0.4, 0.5) is 0 Å². The summed E-state index contributed by atoms with van der Waals surface area (Å²) in [4.78, 5) is 4.54. The smallest absolute Gasteiger partial charge is 0.0774 e. The lowest BCUT2D eigenvalue weighted by molar-refractivity contribution is -0.0206. The molecule has 2 aromatic rings. The van der Waals surface area contributed by atoms with Crippen LogP contribution in [0.2, 0.25) is 0 Å². The van der Waals surface area contributed by atoms with Crippen LogP contribution in [0.25, 0.3) is 0 Å². The summed E-state index contributed by atoms with van der Waals surface area (Å²) in [6, 6.07) is 16.2. The van der Waals surface area contributed by atoms with Crippen molar-refractivity contribution < 1.29 is 5.11 Å². The summed E-state index contributed by atoms with van der Waals surface area (Å²) in [5, 5.41) is 11.4. The molecule has 3 atom stereocenters. The number of rotatable bonds is 4. The van der Waals surface area contributed by atoms with Crippen LogP contribution in [0, 0.1) is 5.92 Å². The van der Waals surface area contributed by atoms with E-state index < -0.39 is 5.60 Å². The second kappa shape index (κ2) is 6.45. The van der Waals surface area contributed by atoms with Crippen molar-refractivity contribution in [2.24, 2.45) is 5.92 Å². The van der Waals surface area contributed by atoms with Crippen LogP contribution in [0.5, 0.6) is 0 Å². The number of nitrogens with zero attached hydrogens (tertiary/aromatic N) is 1. The molecule has 3 rings (SSSR count). The molecule has 1 aromatic heterocycles. The van der Waals surface area contributed by atoms with Gasteiger partial charge in [-0.05, 0) is 49.8 Å². The Labute approximate surface area is 132 Å². The van der Waals surface area contributed by atoms with Gasteiger partial charge in [0.15, 0.2) is 0 Å². The average molecular weight is 293 g/mol. The van der Waals surface area contributed by atoms with Crippen LogP contribution in [-0.2, 0) is 0 Å². The summed E-state index contributed by atoms with van der Waals surface area (Å²) < 4.78 is 0. The molecule has 0 bridgehead atoms. The molecule has 0 spiro atoms. The van der Waals surface area contributed by atoms with Crippen LogP contribution in [-0.4, -0.2) is 15.7 Å². The van der Waals surface area contributed by atoms with E-state index in [0.29, 0.717) is 0 Å². The SMILES string of the molecule is C[C@](O)([C@H]1CC=CCC1)[C@H](c1ccccc1)c1ccccn1. The van der Waals surface area contributed by atoms with Crippen molar-refractivity contribution >= 4 is 0 Å². The van der Waals surface area contributed by atoms with Crippen molar-refractivity contribution in [3.05, 3.63) is 78.1 Å². The molecule has 0 fully saturated rings. The lowest BCUT2D eigenvalue weighted by atomic mass is 9.69. The second-order valence-corrected chi connectivity index (χ2v) is 6.31. The largest absolute Gasteiger partial charge is 0.389 e. The van der Waals surface area contributed by atoms with Gasteiger partial charge in [-0.3, -0.25) is 4.98 Å². The zero-order valence-electron chi connectivity index (χ0n) is 13.0. The molecule has 0 radical (unpaired) electrons. The van der Waals surface area contributed by atoms with Crippen molar-refractivity contribution in [3.8, 4) is 0 Å². The van der Waals surface area contributed by atoms with Gasteiger partial charge in [0, 0.05) is 6.20 Å². The number of benzene rings is 1. The van der Waals surface area contributed by atoms with E-state index in [-0.39, 0.29) is 11.8 Å². The zero-order chi connectivity index (χ0) is 15.4. The molecule has 0 saturated carbocycles. The molecule has 0 saturated heterocycles. The van der Waals surface area contributed by atoms with Gasteiger partial charge < -0.3 is 5.11 Å². The Kier molecular flexibility index (Phi) is 4.39. The van der Waals surface area contributed by atoms with Crippen molar-refractivity contribution in [3.63, 3.8) is 0 Å². The van der Waals surface area contributed by atoms with Crippen LogP contribution >= 0.6 is 0 Å². The average Bonchev–Trinajstić information content (AvgIpc) is 2.58. The molecular weight excluding hydrogens is 270 g/mol. The summed E-state index contributed by atoms with van der Waals surface area (Å²) in [5.41, 5.74) is 1.24. The highest BCUT2D eigenvalue weighted by molar-refractivity contribution is 5.32. The normalized spacial score (nSPS) is 22.0. The third kappa shape index (κ3) is 2.97. The van der Waals surface area contributed by atoms with Crippen LogP contribution in [0.15, 0.2) is 66.9 Å². The number of pyridine rings is 1. The van der Waals surface area contributed by atoms with E-state index in [2.05, 4.69) is 29.3 Å². The van der Waals surface area contributed by atoms with Crippen molar-refractivity contribution in [1.29, 1.82) is 0 Å². The maximum absolute atomic E-state index is 11.4. The van der Waals surface area contributed by atoms with Crippen molar-refractivity contribution in [1.82, 2.24) is 4.98 Å². The summed E-state index contributed by atoms with van der Waals surface area (Å²) in [6.07, 6.45) is 9.23. The van der Waals surface area contributed by atoms with Gasteiger partial charge in [-0.15, -0.1) is 0 Å². The molecule has 1 N–H and O–H groups in total. The predicted octanol–water partition coefficient (Wildman–Crippen LogP) is 4.32. The zero-order valence-corrected chi connectivity index (χ0v) is 13.0. The third-order valence-electron chi connectivity index (χ3n) is 4.80. The van der Waals surface area contributed by atoms with Crippen LogP contribution in [0.1, 0.15) is 43.4 Å². The minimum atomic E-state index is -0.819. The number of allylic oxidation sites excluding steroid dienone is 2. The Hall–Kier alpha value is -1.93. The highest BCUT2D eigenvalue weighted by Crippen LogP contribution is 2.42. The van der Waals surface area contributed by atoms with E-state index in [1.807, 2.05) is 49.5 Å². The predicted molar refractivity (Wildman–Crippen MR) is 89.6 cm³/mol. The Morgan fingerprint density at radius 2 is 1.86 bits per heavy atom. The summed E-state index contributed by atoms with van der Waals surface area (Å²) in [6.45, 7) is 1.98. The Bertz CT molecular complexity index is 579. The van der Waals surface area contributed by atoms with Gasteiger partial charge in [-0.25, -0.2) is 0 Å². The fourth-order valence-corrected chi connectivity index (χ4v) is 3.56. The molecule has 22 heavy (non-hydrogen) atoms. The van der Waals surface area contributed by atoms with E-state index in [4.69, 9.17) is 0 Å². The molecule has 1 aromatic carbocycles. The van der Waals surface area contributed by atoms with Gasteiger partial charge in [0.2, 0.25) is 0 Å². The molecular formula is C20H23NO. The molecule has 2 nitrogen and oxygen atoms in total. The molecule has 1 aliphatic carbocycles. The number of aromatic nitrogens is 1. The lowest BCUT2D eigenvalue weighted by Crippen LogP contribution is -2.42. The summed E-state index contributed by atoms with van der Waals surface area (Å²) >= 11 is 0.